The fourth-order valence-electron chi connectivity index (χ4n) is 3.49. The highest BCUT2D eigenvalue weighted by Crippen LogP contribution is 2.60. The molecule has 1 fully saturated rings. The predicted octanol–water partition coefficient (Wildman–Crippen LogP) is 6.69. The minimum absolute atomic E-state index is 0.0650. The van der Waals surface area contributed by atoms with Gasteiger partial charge in [-0.05, 0) is 23.1 Å². The van der Waals surface area contributed by atoms with E-state index in [1.165, 1.54) is 6.08 Å². The van der Waals surface area contributed by atoms with Gasteiger partial charge in [-0.2, -0.15) is 8.78 Å². The van der Waals surface area contributed by atoms with Gasteiger partial charge in [-0.1, -0.05) is 67.4 Å². The maximum absolute atomic E-state index is 12.6. The number of benzene rings is 1. The van der Waals surface area contributed by atoms with Gasteiger partial charge in [0.05, 0.1) is 5.92 Å². The van der Waals surface area contributed by atoms with Gasteiger partial charge in [-0.25, -0.2) is 0 Å². The van der Waals surface area contributed by atoms with Crippen LogP contribution < -0.4 is 4.74 Å². The van der Waals surface area contributed by atoms with E-state index in [9.17, 15) is 13.6 Å². The topological polar surface area (TPSA) is 39.4 Å². The Hall–Kier alpha value is -2.11. The van der Waals surface area contributed by atoms with Crippen LogP contribution in [-0.2, 0) is 17.6 Å². The molecule has 0 spiro atoms. The maximum Gasteiger partial charge on any atom is 0.315 e. The molecule has 1 aromatic carbocycles. The monoisotopic (exact) mass is 440 g/mol. The van der Waals surface area contributed by atoms with Crippen LogP contribution >= 0.6 is 23.2 Å². The van der Waals surface area contributed by atoms with Crippen molar-refractivity contribution in [2.75, 3.05) is 0 Å². The molecule has 0 saturated heterocycles. The van der Waals surface area contributed by atoms with E-state index in [0.717, 1.165) is 11.6 Å². The van der Waals surface area contributed by atoms with E-state index in [2.05, 4.69) is 0 Å². The Balaban J connectivity index is 1.80. The standard InChI is InChI=1S/C22H20Cl2F2O3/c1-22(2)15(12-19(25)26)20(22)21(27)29-17-11-14(10-13-6-4-3-5-7-13)28-16(17)8-9-18(23)24/h3-7,9,11-12,15,20H,8,10H2,1-2H3. The third-order valence-electron chi connectivity index (χ3n) is 5.16. The number of allylic oxidation sites excluding steroid dienone is 2. The van der Waals surface area contributed by atoms with Crippen molar-refractivity contribution in [2.24, 2.45) is 17.3 Å². The number of hydrogen-bond acceptors (Lipinski definition) is 3. The van der Waals surface area contributed by atoms with Gasteiger partial charge in [0.2, 0.25) is 0 Å². The maximum atomic E-state index is 12.6. The molecular formula is C22H20Cl2F2O3. The molecule has 1 aliphatic rings. The van der Waals surface area contributed by atoms with Crippen LogP contribution in [0.3, 0.4) is 0 Å². The van der Waals surface area contributed by atoms with Crippen LogP contribution in [0.1, 0.15) is 30.9 Å². The molecule has 3 rings (SSSR count). The highest BCUT2D eigenvalue weighted by atomic mass is 35.5. The van der Waals surface area contributed by atoms with Crippen LogP contribution in [0.4, 0.5) is 8.78 Å². The Morgan fingerprint density at radius 1 is 1.24 bits per heavy atom. The number of ether oxygens (including phenoxy) is 1. The summed E-state index contributed by atoms with van der Waals surface area (Å²) in [5, 5.41) is 0. The summed E-state index contributed by atoms with van der Waals surface area (Å²) < 4.78 is 36.7. The summed E-state index contributed by atoms with van der Waals surface area (Å²) in [6.45, 7) is 3.52. The number of rotatable bonds is 7. The van der Waals surface area contributed by atoms with Crippen molar-refractivity contribution in [3.05, 3.63) is 76.2 Å². The van der Waals surface area contributed by atoms with Crippen LogP contribution in [0.2, 0.25) is 0 Å². The largest absolute Gasteiger partial charge is 0.461 e. The molecule has 3 nitrogen and oxygen atoms in total. The molecule has 1 aliphatic carbocycles. The minimum atomic E-state index is -1.80. The molecule has 2 unspecified atom stereocenters. The molecule has 0 amide bonds. The van der Waals surface area contributed by atoms with Gasteiger partial charge in [0.1, 0.15) is 10.3 Å². The molecule has 1 saturated carbocycles. The lowest BCUT2D eigenvalue weighted by Crippen LogP contribution is -2.14. The summed E-state index contributed by atoms with van der Waals surface area (Å²) in [6, 6.07) is 11.3. The van der Waals surface area contributed by atoms with Crippen molar-refractivity contribution >= 4 is 29.2 Å². The first-order valence-electron chi connectivity index (χ1n) is 9.09. The fourth-order valence-corrected chi connectivity index (χ4v) is 3.65. The summed E-state index contributed by atoms with van der Waals surface area (Å²) >= 11 is 11.4. The van der Waals surface area contributed by atoms with Crippen molar-refractivity contribution < 1.29 is 22.7 Å². The Morgan fingerprint density at radius 2 is 1.93 bits per heavy atom. The summed E-state index contributed by atoms with van der Waals surface area (Å²) in [6.07, 6.45) is 1.29. The number of esters is 1. The average molecular weight is 441 g/mol. The molecule has 154 valence electrons. The number of carbonyl (C=O) groups excluding carboxylic acids is 1. The van der Waals surface area contributed by atoms with Crippen molar-refractivity contribution in [1.29, 1.82) is 0 Å². The van der Waals surface area contributed by atoms with E-state index in [4.69, 9.17) is 32.4 Å². The van der Waals surface area contributed by atoms with Gasteiger partial charge in [-0.3, -0.25) is 4.79 Å². The SMILES string of the molecule is CC1(C)C(C=C(F)F)C1C(=O)Oc1cc(Cc2ccccc2)oc1CC=C(Cl)Cl. The zero-order valence-corrected chi connectivity index (χ0v) is 17.4. The van der Waals surface area contributed by atoms with Gasteiger partial charge in [-0.15, -0.1) is 0 Å². The lowest BCUT2D eigenvalue weighted by molar-refractivity contribution is -0.136. The summed E-state index contributed by atoms with van der Waals surface area (Å²) in [4.78, 5) is 12.6. The first-order valence-corrected chi connectivity index (χ1v) is 9.85. The van der Waals surface area contributed by atoms with Crippen molar-refractivity contribution in [2.45, 2.75) is 26.7 Å². The number of carbonyl (C=O) groups is 1. The predicted molar refractivity (Wildman–Crippen MR) is 108 cm³/mol. The smallest absolute Gasteiger partial charge is 0.315 e. The molecule has 0 aliphatic heterocycles. The second-order valence-electron chi connectivity index (χ2n) is 7.56. The second-order valence-corrected chi connectivity index (χ2v) is 8.57. The van der Waals surface area contributed by atoms with E-state index in [0.29, 0.717) is 17.9 Å². The van der Waals surface area contributed by atoms with Crippen LogP contribution in [0, 0.1) is 17.3 Å². The van der Waals surface area contributed by atoms with Crippen LogP contribution in [0.25, 0.3) is 0 Å². The average Bonchev–Trinajstić information content (AvgIpc) is 2.97. The Labute approximate surface area is 177 Å². The molecule has 1 aromatic heterocycles. The van der Waals surface area contributed by atoms with E-state index < -0.39 is 29.3 Å². The summed E-state index contributed by atoms with van der Waals surface area (Å²) in [5.41, 5.74) is 0.444. The zero-order valence-electron chi connectivity index (χ0n) is 15.9. The molecule has 0 radical (unpaired) electrons. The number of halogens is 4. The molecule has 0 N–H and O–H groups in total. The van der Waals surface area contributed by atoms with Crippen molar-refractivity contribution in [1.82, 2.24) is 0 Å². The number of furan rings is 1. The molecule has 29 heavy (non-hydrogen) atoms. The lowest BCUT2D eigenvalue weighted by Gasteiger charge is -2.04. The van der Waals surface area contributed by atoms with E-state index in [-0.39, 0.29) is 16.7 Å². The molecule has 1 heterocycles. The van der Waals surface area contributed by atoms with E-state index >= 15 is 0 Å². The fraction of sp³-hybridized carbons (Fsp3) is 0.318. The number of hydrogen-bond donors (Lipinski definition) is 0. The van der Waals surface area contributed by atoms with Crippen molar-refractivity contribution in [3.63, 3.8) is 0 Å². The first-order chi connectivity index (χ1) is 13.7. The molecule has 2 aromatic rings. The normalized spacial score (nSPS) is 19.4. The highest BCUT2D eigenvalue weighted by Gasteiger charge is 2.62. The van der Waals surface area contributed by atoms with Crippen LogP contribution in [0.15, 0.2) is 63.5 Å². The first kappa shape index (κ1) is 21.6. The Bertz CT molecular complexity index is 940. The third kappa shape index (κ3) is 5.28. The van der Waals surface area contributed by atoms with Gasteiger partial charge in [0.15, 0.2) is 11.5 Å². The highest BCUT2D eigenvalue weighted by molar-refractivity contribution is 6.55. The van der Waals surface area contributed by atoms with Gasteiger partial charge in [0, 0.05) is 24.8 Å². The Kier molecular flexibility index (Phi) is 6.49. The third-order valence-corrected chi connectivity index (χ3v) is 5.47. The van der Waals surface area contributed by atoms with Crippen molar-refractivity contribution in [3.8, 4) is 5.75 Å². The van der Waals surface area contributed by atoms with Crippen LogP contribution in [0.5, 0.6) is 5.75 Å². The zero-order chi connectivity index (χ0) is 21.2. The molecule has 2 atom stereocenters. The van der Waals surface area contributed by atoms with Gasteiger partial charge >= 0.3 is 5.97 Å². The van der Waals surface area contributed by atoms with Crippen LogP contribution in [-0.4, -0.2) is 5.97 Å². The summed E-state index contributed by atoms with van der Waals surface area (Å²) in [7, 11) is 0. The quantitative estimate of drug-likeness (QED) is 0.450. The van der Waals surface area contributed by atoms with Gasteiger partial charge < -0.3 is 9.15 Å². The van der Waals surface area contributed by atoms with E-state index in [1.807, 2.05) is 30.3 Å². The second kappa shape index (κ2) is 8.72. The minimum Gasteiger partial charge on any atom is -0.461 e. The lowest BCUT2D eigenvalue weighted by atomic mass is 10.1. The summed E-state index contributed by atoms with van der Waals surface area (Å²) in [5.74, 6) is -0.516. The molecule has 0 bridgehead atoms. The molecular weight excluding hydrogens is 421 g/mol. The van der Waals surface area contributed by atoms with Gasteiger partial charge in [0.25, 0.3) is 6.08 Å². The van der Waals surface area contributed by atoms with E-state index in [1.54, 1.807) is 19.9 Å². The molecule has 7 heteroatoms. The Morgan fingerprint density at radius 3 is 2.55 bits per heavy atom.